The molecular formula is C17H27N. The van der Waals surface area contributed by atoms with Crippen molar-refractivity contribution in [3.8, 4) is 0 Å². The fourth-order valence-electron chi connectivity index (χ4n) is 3.10. The van der Waals surface area contributed by atoms with Gasteiger partial charge < -0.3 is 5.73 Å². The Balaban J connectivity index is 1.81. The zero-order chi connectivity index (χ0) is 12.8. The van der Waals surface area contributed by atoms with Crippen LogP contribution in [0.25, 0.3) is 0 Å². The molecule has 1 unspecified atom stereocenters. The van der Waals surface area contributed by atoms with Gasteiger partial charge in [-0.1, -0.05) is 63.3 Å². The van der Waals surface area contributed by atoms with Gasteiger partial charge in [-0.2, -0.15) is 0 Å². The van der Waals surface area contributed by atoms with E-state index in [0.29, 0.717) is 0 Å². The van der Waals surface area contributed by atoms with Gasteiger partial charge in [0, 0.05) is 6.04 Å². The van der Waals surface area contributed by atoms with Crippen molar-refractivity contribution in [2.45, 2.75) is 64.3 Å². The van der Waals surface area contributed by atoms with Crippen LogP contribution in [0.3, 0.4) is 0 Å². The highest BCUT2D eigenvalue weighted by atomic mass is 14.6. The molecule has 2 rings (SSSR count). The van der Waals surface area contributed by atoms with E-state index in [9.17, 15) is 0 Å². The van der Waals surface area contributed by atoms with Gasteiger partial charge in [0.1, 0.15) is 0 Å². The third-order valence-electron chi connectivity index (χ3n) is 4.31. The molecule has 1 fully saturated rings. The second kappa shape index (κ2) is 6.94. The Labute approximate surface area is 112 Å². The molecule has 18 heavy (non-hydrogen) atoms. The molecular weight excluding hydrogens is 218 g/mol. The molecule has 2 N–H and O–H groups in total. The zero-order valence-electron chi connectivity index (χ0n) is 11.7. The Morgan fingerprint density at radius 3 is 2.44 bits per heavy atom. The van der Waals surface area contributed by atoms with Crippen molar-refractivity contribution in [2.75, 3.05) is 0 Å². The van der Waals surface area contributed by atoms with Crippen LogP contribution in [0.15, 0.2) is 24.3 Å². The zero-order valence-corrected chi connectivity index (χ0v) is 11.7. The molecule has 100 valence electrons. The number of hydrogen-bond donors (Lipinski definition) is 1. The van der Waals surface area contributed by atoms with Gasteiger partial charge in [-0.3, -0.25) is 0 Å². The van der Waals surface area contributed by atoms with E-state index in [1.165, 1.54) is 56.1 Å². The predicted molar refractivity (Wildman–Crippen MR) is 78.6 cm³/mol. The summed E-state index contributed by atoms with van der Waals surface area (Å²) >= 11 is 0. The maximum Gasteiger partial charge on any atom is 0.0294 e. The second-order valence-corrected chi connectivity index (χ2v) is 5.83. The molecule has 1 aromatic carbocycles. The summed E-state index contributed by atoms with van der Waals surface area (Å²) in [5.74, 6) is 0.954. The lowest BCUT2D eigenvalue weighted by Crippen LogP contribution is -2.11. The normalized spacial score (nSPS) is 18.1. The predicted octanol–water partition coefficient (Wildman–Crippen LogP) is 4.61. The first-order valence-electron chi connectivity index (χ1n) is 7.64. The monoisotopic (exact) mass is 245 g/mol. The molecule has 0 aliphatic heterocycles. The van der Waals surface area contributed by atoms with E-state index in [-0.39, 0.29) is 6.04 Å². The van der Waals surface area contributed by atoms with E-state index in [2.05, 4.69) is 31.2 Å². The summed E-state index contributed by atoms with van der Waals surface area (Å²) in [5, 5.41) is 0. The quantitative estimate of drug-likeness (QED) is 0.778. The molecule has 1 aromatic rings. The molecule has 0 saturated heterocycles. The topological polar surface area (TPSA) is 26.0 Å². The van der Waals surface area contributed by atoms with Crippen LogP contribution in [-0.2, 0) is 6.42 Å². The standard InChI is InChI=1S/C17H27N/c1-2-5-14-8-11-16(12-9-14)17(18)13-10-15-6-3-4-7-15/h8-9,11-12,15,17H,2-7,10,13,18H2,1H3. The molecule has 1 aliphatic carbocycles. The van der Waals surface area contributed by atoms with Crippen molar-refractivity contribution in [1.29, 1.82) is 0 Å². The Kier molecular flexibility index (Phi) is 5.25. The highest BCUT2D eigenvalue weighted by Gasteiger charge is 2.16. The van der Waals surface area contributed by atoms with Crippen molar-refractivity contribution in [3.05, 3.63) is 35.4 Å². The molecule has 0 amide bonds. The van der Waals surface area contributed by atoms with Gasteiger partial charge in [0.05, 0.1) is 0 Å². The molecule has 0 radical (unpaired) electrons. The summed E-state index contributed by atoms with van der Waals surface area (Å²) in [5.41, 5.74) is 9.04. The van der Waals surface area contributed by atoms with Gasteiger partial charge in [-0.15, -0.1) is 0 Å². The minimum Gasteiger partial charge on any atom is -0.324 e. The van der Waals surface area contributed by atoms with E-state index in [1.807, 2.05) is 0 Å². The van der Waals surface area contributed by atoms with Crippen molar-refractivity contribution < 1.29 is 0 Å². The van der Waals surface area contributed by atoms with Crippen LogP contribution in [0, 0.1) is 5.92 Å². The SMILES string of the molecule is CCCc1ccc(C(N)CCC2CCCC2)cc1. The van der Waals surface area contributed by atoms with Crippen molar-refractivity contribution in [3.63, 3.8) is 0 Å². The molecule has 0 aromatic heterocycles. The number of nitrogens with two attached hydrogens (primary N) is 1. The Morgan fingerprint density at radius 1 is 1.17 bits per heavy atom. The van der Waals surface area contributed by atoms with Gasteiger partial charge in [0.15, 0.2) is 0 Å². The van der Waals surface area contributed by atoms with E-state index in [1.54, 1.807) is 0 Å². The first-order chi connectivity index (χ1) is 8.79. The fraction of sp³-hybridized carbons (Fsp3) is 0.647. The summed E-state index contributed by atoms with van der Waals surface area (Å²) in [7, 11) is 0. The minimum atomic E-state index is 0.237. The van der Waals surface area contributed by atoms with Crippen LogP contribution in [-0.4, -0.2) is 0 Å². The molecule has 0 spiro atoms. The summed E-state index contributed by atoms with van der Waals surface area (Å²) in [6, 6.07) is 9.18. The lowest BCUT2D eigenvalue weighted by molar-refractivity contribution is 0.454. The first kappa shape index (κ1) is 13.6. The maximum atomic E-state index is 6.30. The second-order valence-electron chi connectivity index (χ2n) is 5.83. The maximum absolute atomic E-state index is 6.30. The number of aryl methyl sites for hydroxylation is 1. The van der Waals surface area contributed by atoms with E-state index < -0.39 is 0 Å². The number of rotatable bonds is 6. The summed E-state index contributed by atoms with van der Waals surface area (Å²) in [4.78, 5) is 0. The third-order valence-corrected chi connectivity index (χ3v) is 4.31. The Morgan fingerprint density at radius 2 is 1.83 bits per heavy atom. The lowest BCUT2D eigenvalue weighted by atomic mass is 9.94. The van der Waals surface area contributed by atoms with Gasteiger partial charge in [-0.05, 0) is 36.3 Å². The molecule has 1 atom stereocenters. The minimum absolute atomic E-state index is 0.237. The van der Waals surface area contributed by atoms with Crippen LogP contribution in [0.1, 0.15) is 69.0 Å². The molecule has 1 saturated carbocycles. The Hall–Kier alpha value is -0.820. The lowest BCUT2D eigenvalue weighted by Gasteiger charge is -2.15. The largest absolute Gasteiger partial charge is 0.324 e. The van der Waals surface area contributed by atoms with Crippen LogP contribution < -0.4 is 5.73 Å². The average molecular weight is 245 g/mol. The fourth-order valence-corrected chi connectivity index (χ4v) is 3.10. The van der Waals surface area contributed by atoms with Gasteiger partial charge in [0.2, 0.25) is 0 Å². The summed E-state index contributed by atoms with van der Waals surface area (Å²) in [6.07, 6.45) is 10.6. The van der Waals surface area contributed by atoms with Crippen molar-refractivity contribution >= 4 is 0 Å². The van der Waals surface area contributed by atoms with Crippen LogP contribution >= 0.6 is 0 Å². The van der Waals surface area contributed by atoms with Crippen LogP contribution in [0.5, 0.6) is 0 Å². The van der Waals surface area contributed by atoms with E-state index in [0.717, 1.165) is 12.3 Å². The number of benzene rings is 1. The van der Waals surface area contributed by atoms with Crippen molar-refractivity contribution in [1.82, 2.24) is 0 Å². The summed E-state index contributed by atoms with van der Waals surface area (Å²) < 4.78 is 0. The highest BCUT2D eigenvalue weighted by Crippen LogP contribution is 2.30. The number of hydrogen-bond acceptors (Lipinski definition) is 1. The van der Waals surface area contributed by atoms with Gasteiger partial charge in [-0.25, -0.2) is 0 Å². The van der Waals surface area contributed by atoms with Gasteiger partial charge >= 0.3 is 0 Å². The van der Waals surface area contributed by atoms with E-state index in [4.69, 9.17) is 5.73 Å². The average Bonchev–Trinajstić information content (AvgIpc) is 2.90. The van der Waals surface area contributed by atoms with E-state index >= 15 is 0 Å². The molecule has 0 bridgehead atoms. The summed E-state index contributed by atoms with van der Waals surface area (Å²) in [6.45, 7) is 2.22. The van der Waals surface area contributed by atoms with Crippen molar-refractivity contribution in [2.24, 2.45) is 11.7 Å². The molecule has 1 heteroatoms. The van der Waals surface area contributed by atoms with Gasteiger partial charge in [0.25, 0.3) is 0 Å². The molecule has 1 aliphatic rings. The molecule has 1 nitrogen and oxygen atoms in total. The smallest absolute Gasteiger partial charge is 0.0294 e. The first-order valence-corrected chi connectivity index (χ1v) is 7.64. The van der Waals surface area contributed by atoms with Crippen LogP contribution in [0.2, 0.25) is 0 Å². The van der Waals surface area contributed by atoms with Crippen LogP contribution in [0.4, 0.5) is 0 Å². The highest BCUT2D eigenvalue weighted by molar-refractivity contribution is 5.24. The third kappa shape index (κ3) is 3.84. The molecule has 0 heterocycles. The Bertz CT molecular complexity index is 335.